The second-order valence-corrected chi connectivity index (χ2v) is 5.21. The van der Waals surface area contributed by atoms with E-state index in [0.29, 0.717) is 6.61 Å². The SMILES string of the molecule is CCCCCOC(=O)c1ccccc1C(=O)Oc1ccccc1F. The van der Waals surface area contributed by atoms with Gasteiger partial charge in [-0.2, -0.15) is 0 Å². The summed E-state index contributed by atoms with van der Waals surface area (Å²) in [6, 6.07) is 11.8. The highest BCUT2D eigenvalue weighted by molar-refractivity contribution is 6.03. The van der Waals surface area contributed by atoms with E-state index in [9.17, 15) is 14.0 Å². The van der Waals surface area contributed by atoms with Crippen molar-refractivity contribution in [3.05, 3.63) is 65.5 Å². The second kappa shape index (κ2) is 8.82. The van der Waals surface area contributed by atoms with Crippen molar-refractivity contribution in [1.82, 2.24) is 0 Å². The van der Waals surface area contributed by atoms with Crippen molar-refractivity contribution in [3.8, 4) is 5.75 Å². The van der Waals surface area contributed by atoms with Gasteiger partial charge in [-0.3, -0.25) is 0 Å². The molecule has 2 aromatic rings. The topological polar surface area (TPSA) is 52.6 Å². The number of benzene rings is 2. The summed E-state index contributed by atoms with van der Waals surface area (Å²) in [6.45, 7) is 2.35. The fraction of sp³-hybridized carbons (Fsp3) is 0.263. The maximum Gasteiger partial charge on any atom is 0.344 e. The van der Waals surface area contributed by atoms with Gasteiger partial charge >= 0.3 is 11.9 Å². The molecular formula is C19H19FO4. The van der Waals surface area contributed by atoms with Gasteiger partial charge in [-0.15, -0.1) is 0 Å². The van der Waals surface area contributed by atoms with Crippen molar-refractivity contribution in [2.45, 2.75) is 26.2 Å². The zero-order valence-corrected chi connectivity index (χ0v) is 13.5. The zero-order chi connectivity index (χ0) is 17.4. The second-order valence-electron chi connectivity index (χ2n) is 5.21. The fourth-order valence-corrected chi connectivity index (χ4v) is 2.12. The molecule has 0 fully saturated rings. The molecule has 4 nitrogen and oxygen atoms in total. The molecule has 24 heavy (non-hydrogen) atoms. The molecule has 0 bridgehead atoms. The van der Waals surface area contributed by atoms with Gasteiger partial charge in [-0.05, 0) is 30.7 Å². The van der Waals surface area contributed by atoms with Gasteiger partial charge in [0.1, 0.15) is 0 Å². The van der Waals surface area contributed by atoms with E-state index in [1.807, 2.05) is 0 Å². The number of halogens is 1. The van der Waals surface area contributed by atoms with Crippen LogP contribution in [0.1, 0.15) is 46.9 Å². The van der Waals surface area contributed by atoms with Crippen LogP contribution in [0.4, 0.5) is 4.39 Å². The summed E-state index contributed by atoms with van der Waals surface area (Å²) in [5.41, 5.74) is 0.150. The van der Waals surface area contributed by atoms with E-state index in [1.165, 1.54) is 30.3 Å². The van der Waals surface area contributed by atoms with Gasteiger partial charge in [0.25, 0.3) is 0 Å². The van der Waals surface area contributed by atoms with Crippen LogP contribution in [0.3, 0.4) is 0 Å². The maximum absolute atomic E-state index is 13.6. The Balaban J connectivity index is 2.11. The summed E-state index contributed by atoms with van der Waals surface area (Å²) >= 11 is 0. The monoisotopic (exact) mass is 330 g/mol. The molecule has 0 saturated carbocycles. The number of hydrogen-bond acceptors (Lipinski definition) is 4. The lowest BCUT2D eigenvalue weighted by atomic mass is 10.1. The largest absolute Gasteiger partial charge is 0.462 e. The molecule has 0 N–H and O–H groups in total. The quantitative estimate of drug-likeness (QED) is 0.429. The first-order valence-corrected chi connectivity index (χ1v) is 7.86. The lowest BCUT2D eigenvalue weighted by molar-refractivity contribution is 0.0489. The lowest BCUT2D eigenvalue weighted by Crippen LogP contribution is -2.16. The normalized spacial score (nSPS) is 10.2. The number of carbonyl (C=O) groups excluding carboxylic acids is 2. The van der Waals surface area contributed by atoms with Crippen LogP contribution in [0.15, 0.2) is 48.5 Å². The van der Waals surface area contributed by atoms with Crippen molar-refractivity contribution in [1.29, 1.82) is 0 Å². The van der Waals surface area contributed by atoms with Crippen LogP contribution in [-0.2, 0) is 4.74 Å². The molecule has 2 rings (SSSR count). The number of para-hydroxylation sites is 1. The average Bonchev–Trinajstić information content (AvgIpc) is 2.60. The first-order valence-electron chi connectivity index (χ1n) is 7.86. The summed E-state index contributed by atoms with van der Waals surface area (Å²) in [5.74, 6) is -2.23. The molecule has 2 aromatic carbocycles. The summed E-state index contributed by atoms with van der Waals surface area (Å²) in [5, 5.41) is 0. The van der Waals surface area contributed by atoms with Gasteiger partial charge in [0.05, 0.1) is 17.7 Å². The number of unbranched alkanes of at least 4 members (excludes halogenated alkanes) is 2. The number of carbonyl (C=O) groups is 2. The molecule has 5 heteroatoms. The van der Waals surface area contributed by atoms with Crippen LogP contribution in [0.5, 0.6) is 5.75 Å². The molecule has 0 aromatic heterocycles. The Kier molecular flexibility index (Phi) is 6.49. The number of esters is 2. The average molecular weight is 330 g/mol. The minimum Gasteiger partial charge on any atom is -0.462 e. The van der Waals surface area contributed by atoms with Crippen LogP contribution in [0.2, 0.25) is 0 Å². The summed E-state index contributed by atoms with van der Waals surface area (Å²) in [6.07, 6.45) is 2.75. The Bertz CT molecular complexity index is 712. The Labute approximate surface area is 140 Å². The van der Waals surface area contributed by atoms with Crippen LogP contribution in [-0.4, -0.2) is 18.5 Å². The first kappa shape index (κ1) is 17.7. The van der Waals surface area contributed by atoms with Crippen LogP contribution in [0.25, 0.3) is 0 Å². The molecule has 0 aliphatic heterocycles. The van der Waals surface area contributed by atoms with E-state index >= 15 is 0 Å². The molecule has 0 atom stereocenters. The van der Waals surface area contributed by atoms with E-state index in [4.69, 9.17) is 9.47 Å². The maximum atomic E-state index is 13.6. The van der Waals surface area contributed by atoms with E-state index in [1.54, 1.807) is 18.2 Å². The van der Waals surface area contributed by atoms with E-state index in [-0.39, 0.29) is 16.9 Å². The predicted octanol–water partition coefficient (Wildman–Crippen LogP) is 4.39. The minimum atomic E-state index is -0.804. The predicted molar refractivity (Wildman–Crippen MR) is 87.6 cm³/mol. The molecule has 0 saturated heterocycles. The summed E-state index contributed by atoms with van der Waals surface area (Å²) < 4.78 is 23.8. The summed E-state index contributed by atoms with van der Waals surface area (Å²) in [7, 11) is 0. The summed E-state index contributed by atoms with van der Waals surface area (Å²) in [4.78, 5) is 24.4. The Morgan fingerprint density at radius 2 is 1.54 bits per heavy atom. The minimum absolute atomic E-state index is 0.0428. The highest BCUT2D eigenvalue weighted by Crippen LogP contribution is 2.19. The van der Waals surface area contributed by atoms with Gasteiger partial charge < -0.3 is 9.47 Å². The van der Waals surface area contributed by atoms with Crippen molar-refractivity contribution in [3.63, 3.8) is 0 Å². The van der Waals surface area contributed by atoms with Crippen molar-refractivity contribution in [2.24, 2.45) is 0 Å². The van der Waals surface area contributed by atoms with Gasteiger partial charge in [-0.25, -0.2) is 14.0 Å². The highest BCUT2D eigenvalue weighted by Gasteiger charge is 2.20. The van der Waals surface area contributed by atoms with E-state index in [0.717, 1.165) is 19.3 Å². The Morgan fingerprint density at radius 3 is 2.21 bits per heavy atom. The van der Waals surface area contributed by atoms with Crippen LogP contribution in [0, 0.1) is 5.82 Å². The third kappa shape index (κ3) is 4.65. The van der Waals surface area contributed by atoms with Gasteiger partial charge in [-0.1, -0.05) is 44.0 Å². The zero-order valence-electron chi connectivity index (χ0n) is 13.5. The van der Waals surface area contributed by atoms with Gasteiger partial charge in [0.2, 0.25) is 0 Å². The Morgan fingerprint density at radius 1 is 0.917 bits per heavy atom. The standard InChI is InChI=1S/C19H19FO4/c1-2-3-8-13-23-18(21)14-9-4-5-10-15(14)19(22)24-17-12-7-6-11-16(17)20/h4-7,9-12H,2-3,8,13H2,1H3. The lowest BCUT2D eigenvalue weighted by Gasteiger charge is -2.10. The van der Waals surface area contributed by atoms with Crippen molar-refractivity contribution >= 4 is 11.9 Å². The number of ether oxygens (including phenoxy) is 2. The molecule has 0 spiro atoms. The molecule has 0 radical (unpaired) electrons. The fourth-order valence-electron chi connectivity index (χ4n) is 2.12. The Hall–Kier alpha value is -2.69. The number of hydrogen-bond donors (Lipinski definition) is 0. The molecule has 126 valence electrons. The van der Waals surface area contributed by atoms with E-state index in [2.05, 4.69) is 6.92 Å². The number of rotatable bonds is 7. The van der Waals surface area contributed by atoms with E-state index < -0.39 is 17.8 Å². The first-order chi connectivity index (χ1) is 11.6. The highest BCUT2D eigenvalue weighted by atomic mass is 19.1. The third-order valence-corrected chi connectivity index (χ3v) is 3.39. The molecule has 0 aliphatic carbocycles. The van der Waals surface area contributed by atoms with Gasteiger partial charge in [0.15, 0.2) is 11.6 Å². The molecule has 0 unspecified atom stereocenters. The molecule has 0 aliphatic rings. The third-order valence-electron chi connectivity index (χ3n) is 3.39. The van der Waals surface area contributed by atoms with Crippen molar-refractivity contribution < 1.29 is 23.5 Å². The van der Waals surface area contributed by atoms with Crippen LogP contribution < -0.4 is 4.74 Å². The molecule has 0 heterocycles. The molecule has 0 amide bonds. The van der Waals surface area contributed by atoms with Gasteiger partial charge in [0, 0.05) is 0 Å². The van der Waals surface area contributed by atoms with Crippen molar-refractivity contribution in [2.75, 3.05) is 6.61 Å². The smallest absolute Gasteiger partial charge is 0.344 e. The molecular weight excluding hydrogens is 311 g/mol. The van der Waals surface area contributed by atoms with Crippen LogP contribution >= 0.6 is 0 Å².